The van der Waals surface area contributed by atoms with E-state index < -0.39 is 0 Å². The number of carbonyl (C=O) groups excluding carboxylic acids is 1. The van der Waals surface area contributed by atoms with E-state index in [0.29, 0.717) is 24.7 Å². The zero-order chi connectivity index (χ0) is 19.5. The number of fused-ring (bicyclic) bond motifs is 1. The molecule has 2 fully saturated rings. The number of ether oxygens (including phenoxy) is 2. The standard InChI is InChI=1S/C21H29N3O3S/c1-14(24-9-7-15(8-10-24)21-26-11-12-27-21)19(25)23-20-17(13-22)16-5-3-2-4-6-18(16)28-20/h14-15,21H,2-12H2,1H3,(H,23,25). The number of thiophene rings is 1. The lowest BCUT2D eigenvalue weighted by molar-refractivity contribution is -0.123. The van der Waals surface area contributed by atoms with Crippen molar-refractivity contribution >= 4 is 22.2 Å². The number of nitriles is 1. The van der Waals surface area contributed by atoms with E-state index in [1.54, 1.807) is 11.3 Å². The highest BCUT2D eigenvalue weighted by Crippen LogP contribution is 2.37. The average Bonchev–Trinajstić information content (AvgIpc) is 3.30. The molecule has 1 unspecified atom stereocenters. The molecule has 1 aromatic heterocycles. The fraction of sp³-hybridized carbons (Fsp3) is 0.714. The van der Waals surface area contributed by atoms with Gasteiger partial charge < -0.3 is 14.8 Å². The Bertz CT molecular complexity index is 743. The molecule has 28 heavy (non-hydrogen) atoms. The molecule has 0 bridgehead atoms. The van der Waals surface area contributed by atoms with Crippen molar-refractivity contribution in [2.45, 2.75) is 64.2 Å². The molecule has 152 valence electrons. The van der Waals surface area contributed by atoms with Crippen molar-refractivity contribution in [1.29, 1.82) is 5.26 Å². The molecule has 3 aliphatic rings. The molecule has 0 spiro atoms. The molecule has 0 aromatic carbocycles. The Kier molecular flexibility index (Phi) is 6.32. The second-order valence-corrected chi connectivity index (χ2v) is 9.13. The summed E-state index contributed by atoms with van der Waals surface area (Å²) in [7, 11) is 0. The first kappa shape index (κ1) is 19.8. The Hall–Kier alpha value is -1.46. The van der Waals surface area contributed by atoms with E-state index in [1.165, 1.54) is 23.3 Å². The number of nitrogens with zero attached hydrogens (tertiary/aromatic N) is 2. The van der Waals surface area contributed by atoms with E-state index in [4.69, 9.17) is 9.47 Å². The molecule has 1 amide bonds. The van der Waals surface area contributed by atoms with Crippen LogP contribution in [-0.4, -0.2) is 49.4 Å². The summed E-state index contributed by atoms with van der Waals surface area (Å²) in [6.07, 6.45) is 7.41. The third kappa shape index (κ3) is 4.11. The third-order valence-electron chi connectivity index (χ3n) is 6.30. The first-order chi connectivity index (χ1) is 13.7. The van der Waals surface area contributed by atoms with Gasteiger partial charge in [0.15, 0.2) is 6.29 Å². The number of rotatable bonds is 4. The maximum Gasteiger partial charge on any atom is 0.242 e. The number of amides is 1. The molecule has 7 heteroatoms. The van der Waals surface area contributed by atoms with Crippen LogP contribution in [-0.2, 0) is 27.1 Å². The fourth-order valence-electron chi connectivity index (χ4n) is 4.56. The van der Waals surface area contributed by atoms with E-state index in [9.17, 15) is 10.1 Å². The van der Waals surface area contributed by atoms with Gasteiger partial charge in [0.2, 0.25) is 5.91 Å². The van der Waals surface area contributed by atoms with Gasteiger partial charge in [0.05, 0.1) is 24.8 Å². The molecule has 1 N–H and O–H groups in total. The molecular weight excluding hydrogens is 374 g/mol. The summed E-state index contributed by atoms with van der Waals surface area (Å²) in [5.41, 5.74) is 1.86. The van der Waals surface area contributed by atoms with Crippen molar-refractivity contribution in [3.05, 3.63) is 16.0 Å². The monoisotopic (exact) mass is 403 g/mol. The topological polar surface area (TPSA) is 74.6 Å². The molecule has 6 nitrogen and oxygen atoms in total. The summed E-state index contributed by atoms with van der Waals surface area (Å²) >= 11 is 1.60. The Labute approximate surface area is 170 Å². The quantitative estimate of drug-likeness (QED) is 0.781. The van der Waals surface area contributed by atoms with Gasteiger partial charge in [0.25, 0.3) is 0 Å². The summed E-state index contributed by atoms with van der Waals surface area (Å²) in [6.45, 7) is 5.08. The summed E-state index contributed by atoms with van der Waals surface area (Å²) in [6, 6.07) is 2.14. The largest absolute Gasteiger partial charge is 0.350 e. The summed E-state index contributed by atoms with van der Waals surface area (Å²) in [5, 5.41) is 13.5. The predicted octanol–water partition coefficient (Wildman–Crippen LogP) is 3.30. The molecule has 3 heterocycles. The van der Waals surface area contributed by atoms with Crippen LogP contribution in [0.5, 0.6) is 0 Å². The minimum atomic E-state index is -0.209. The van der Waals surface area contributed by atoms with Gasteiger partial charge in [-0.05, 0) is 64.1 Å². The smallest absolute Gasteiger partial charge is 0.242 e. The van der Waals surface area contributed by atoms with Crippen LogP contribution in [0.3, 0.4) is 0 Å². The lowest BCUT2D eigenvalue weighted by Crippen LogP contribution is -2.47. The average molecular weight is 404 g/mol. The van der Waals surface area contributed by atoms with Gasteiger partial charge in [0.1, 0.15) is 11.1 Å². The van der Waals surface area contributed by atoms with Crippen LogP contribution in [0.15, 0.2) is 0 Å². The lowest BCUT2D eigenvalue weighted by Gasteiger charge is -2.36. The van der Waals surface area contributed by atoms with Gasteiger partial charge in [-0.1, -0.05) is 6.42 Å². The van der Waals surface area contributed by atoms with Crippen molar-refractivity contribution in [2.24, 2.45) is 5.92 Å². The highest BCUT2D eigenvalue weighted by Gasteiger charge is 2.33. The van der Waals surface area contributed by atoms with E-state index in [0.717, 1.165) is 50.2 Å². The number of piperidine rings is 1. The number of carbonyl (C=O) groups is 1. The summed E-state index contributed by atoms with van der Waals surface area (Å²) in [4.78, 5) is 16.4. The molecule has 4 rings (SSSR count). The van der Waals surface area contributed by atoms with E-state index in [2.05, 4.69) is 16.3 Å². The van der Waals surface area contributed by atoms with Crippen LogP contribution < -0.4 is 5.32 Å². The maximum atomic E-state index is 12.9. The van der Waals surface area contributed by atoms with Gasteiger partial charge in [0, 0.05) is 10.8 Å². The Balaban J connectivity index is 1.37. The van der Waals surface area contributed by atoms with Crippen LogP contribution in [0, 0.1) is 17.2 Å². The fourth-order valence-corrected chi connectivity index (χ4v) is 5.80. The van der Waals surface area contributed by atoms with Gasteiger partial charge in [-0.3, -0.25) is 9.69 Å². The Morgan fingerprint density at radius 2 is 1.93 bits per heavy atom. The second kappa shape index (κ2) is 8.91. The molecular formula is C21H29N3O3S. The first-order valence-corrected chi connectivity index (χ1v) is 11.3. The minimum absolute atomic E-state index is 0.0141. The number of aryl methyl sites for hydroxylation is 1. The van der Waals surface area contributed by atoms with E-state index in [1.807, 2.05) is 6.92 Å². The zero-order valence-electron chi connectivity index (χ0n) is 16.5. The van der Waals surface area contributed by atoms with E-state index in [-0.39, 0.29) is 18.2 Å². The minimum Gasteiger partial charge on any atom is -0.350 e. The summed E-state index contributed by atoms with van der Waals surface area (Å²) in [5.74, 6) is 0.409. The zero-order valence-corrected chi connectivity index (χ0v) is 17.4. The number of hydrogen-bond acceptors (Lipinski definition) is 6. The highest BCUT2D eigenvalue weighted by atomic mass is 32.1. The van der Waals surface area contributed by atoms with Crippen molar-refractivity contribution in [3.8, 4) is 6.07 Å². The van der Waals surface area contributed by atoms with Gasteiger partial charge >= 0.3 is 0 Å². The molecule has 1 aliphatic carbocycles. The first-order valence-electron chi connectivity index (χ1n) is 10.5. The van der Waals surface area contributed by atoms with Crippen molar-refractivity contribution in [3.63, 3.8) is 0 Å². The number of likely N-dealkylation sites (tertiary alicyclic amines) is 1. The third-order valence-corrected chi connectivity index (χ3v) is 7.51. The summed E-state index contributed by atoms with van der Waals surface area (Å²) < 4.78 is 11.3. The SMILES string of the molecule is CC(C(=O)Nc1sc2c(c1C#N)CCCCC2)N1CCC(C2OCCO2)CC1. The van der Waals surface area contributed by atoms with Crippen molar-refractivity contribution in [2.75, 3.05) is 31.6 Å². The Morgan fingerprint density at radius 3 is 2.64 bits per heavy atom. The number of nitrogens with one attached hydrogen (secondary N) is 1. The molecule has 0 saturated carbocycles. The molecule has 1 aromatic rings. The molecule has 2 aliphatic heterocycles. The maximum absolute atomic E-state index is 12.9. The second-order valence-electron chi connectivity index (χ2n) is 8.03. The van der Waals surface area contributed by atoms with Crippen LogP contribution in [0.2, 0.25) is 0 Å². The van der Waals surface area contributed by atoms with Gasteiger partial charge in [-0.15, -0.1) is 11.3 Å². The molecule has 2 saturated heterocycles. The van der Waals surface area contributed by atoms with Crippen molar-refractivity contribution < 1.29 is 14.3 Å². The molecule has 1 atom stereocenters. The van der Waals surface area contributed by atoms with E-state index >= 15 is 0 Å². The predicted molar refractivity (Wildman–Crippen MR) is 108 cm³/mol. The van der Waals surface area contributed by atoms with Gasteiger partial charge in [-0.2, -0.15) is 5.26 Å². The van der Waals surface area contributed by atoms with Crippen LogP contribution in [0.25, 0.3) is 0 Å². The molecule has 0 radical (unpaired) electrons. The highest BCUT2D eigenvalue weighted by molar-refractivity contribution is 7.16. The Morgan fingerprint density at radius 1 is 1.21 bits per heavy atom. The van der Waals surface area contributed by atoms with Crippen molar-refractivity contribution in [1.82, 2.24) is 4.90 Å². The normalized spacial score (nSPS) is 23.0. The number of anilines is 1. The van der Waals surface area contributed by atoms with Gasteiger partial charge in [-0.25, -0.2) is 0 Å². The lowest BCUT2D eigenvalue weighted by atomic mass is 9.95. The van der Waals surface area contributed by atoms with Crippen LogP contribution in [0.4, 0.5) is 5.00 Å². The number of hydrogen-bond donors (Lipinski definition) is 1. The van der Waals surface area contributed by atoms with Crippen LogP contribution in [0.1, 0.15) is 55.0 Å². The van der Waals surface area contributed by atoms with Crippen LogP contribution >= 0.6 is 11.3 Å².